The fraction of sp³-hybridized carbons (Fsp3) is 0.167. The van der Waals surface area contributed by atoms with E-state index < -0.39 is 11.5 Å². The number of para-hydroxylation sites is 1. The molecular weight excluding hydrogens is 276 g/mol. The normalized spacial score (nSPS) is 20.2. The Labute approximate surface area is 127 Å². The molecule has 1 aromatic heterocycles. The molecule has 1 amide bonds. The second-order valence-corrected chi connectivity index (χ2v) is 5.65. The number of H-pyrrole nitrogens is 1. The van der Waals surface area contributed by atoms with Crippen molar-refractivity contribution < 1.29 is 9.90 Å². The first kappa shape index (κ1) is 13.1. The number of aromatic amines is 1. The average molecular weight is 292 g/mol. The molecule has 2 heterocycles. The minimum absolute atomic E-state index is 0.402. The predicted molar refractivity (Wildman–Crippen MR) is 85.7 cm³/mol. The van der Waals surface area contributed by atoms with Crippen molar-refractivity contribution in [2.45, 2.75) is 18.9 Å². The van der Waals surface area contributed by atoms with Crippen LogP contribution in [0.2, 0.25) is 0 Å². The lowest BCUT2D eigenvalue weighted by atomic mass is 9.86. The van der Waals surface area contributed by atoms with Crippen LogP contribution in [0.1, 0.15) is 23.6 Å². The zero-order valence-electron chi connectivity index (χ0n) is 12.2. The Morgan fingerprint density at radius 3 is 2.77 bits per heavy atom. The summed E-state index contributed by atoms with van der Waals surface area (Å²) in [6.07, 6.45) is 2.57. The predicted octanol–water partition coefficient (Wildman–Crippen LogP) is 2.92. The smallest absolute Gasteiger partial charge is 0.265 e. The maximum absolute atomic E-state index is 12.5. The van der Waals surface area contributed by atoms with E-state index >= 15 is 0 Å². The zero-order chi connectivity index (χ0) is 15.3. The molecule has 0 fully saturated rings. The summed E-state index contributed by atoms with van der Waals surface area (Å²) in [7, 11) is 0. The Kier molecular flexibility index (Phi) is 2.65. The quantitative estimate of drug-likeness (QED) is 0.680. The van der Waals surface area contributed by atoms with E-state index in [9.17, 15) is 9.90 Å². The monoisotopic (exact) mass is 292 g/mol. The number of hydrogen-bond donors (Lipinski definition) is 3. The van der Waals surface area contributed by atoms with E-state index in [0.29, 0.717) is 16.8 Å². The van der Waals surface area contributed by atoms with Crippen LogP contribution in [0.3, 0.4) is 0 Å². The Balaban J connectivity index is 2.00. The van der Waals surface area contributed by atoms with Crippen molar-refractivity contribution in [2.75, 3.05) is 5.32 Å². The van der Waals surface area contributed by atoms with E-state index in [-0.39, 0.29) is 0 Å². The van der Waals surface area contributed by atoms with E-state index in [1.807, 2.05) is 42.5 Å². The minimum atomic E-state index is -1.65. The van der Waals surface area contributed by atoms with Gasteiger partial charge in [0.1, 0.15) is 0 Å². The number of hydrogen-bond acceptors (Lipinski definition) is 2. The molecule has 2 aromatic carbocycles. The molecule has 0 bridgehead atoms. The van der Waals surface area contributed by atoms with Gasteiger partial charge in [0, 0.05) is 33.9 Å². The van der Waals surface area contributed by atoms with Gasteiger partial charge < -0.3 is 15.4 Å². The van der Waals surface area contributed by atoms with Crippen LogP contribution in [0.4, 0.5) is 5.69 Å². The van der Waals surface area contributed by atoms with Gasteiger partial charge >= 0.3 is 0 Å². The van der Waals surface area contributed by atoms with Crippen molar-refractivity contribution in [3.8, 4) is 0 Å². The highest BCUT2D eigenvalue weighted by Gasteiger charge is 2.48. The lowest BCUT2D eigenvalue weighted by Gasteiger charge is -2.21. The van der Waals surface area contributed by atoms with Gasteiger partial charge in [-0.25, -0.2) is 0 Å². The third-order valence-corrected chi connectivity index (χ3v) is 4.44. The molecule has 4 nitrogen and oxygen atoms in total. The minimum Gasteiger partial charge on any atom is -0.372 e. The van der Waals surface area contributed by atoms with Crippen molar-refractivity contribution >= 4 is 22.5 Å². The molecule has 1 atom stereocenters. The van der Waals surface area contributed by atoms with Crippen LogP contribution in [0.15, 0.2) is 48.7 Å². The van der Waals surface area contributed by atoms with E-state index in [2.05, 4.69) is 17.2 Å². The molecule has 1 unspecified atom stereocenters. The van der Waals surface area contributed by atoms with Crippen molar-refractivity contribution in [1.82, 2.24) is 4.98 Å². The van der Waals surface area contributed by atoms with Crippen LogP contribution >= 0.6 is 0 Å². The second-order valence-electron chi connectivity index (χ2n) is 5.65. The lowest BCUT2D eigenvalue weighted by Crippen LogP contribution is -2.35. The summed E-state index contributed by atoms with van der Waals surface area (Å²) in [6.45, 7) is 2.05. The van der Waals surface area contributed by atoms with Crippen molar-refractivity contribution in [3.05, 3.63) is 65.4 Å². The van der Waals surface area contributed by atoms with Gasteiger partial charge in [0.15, 0.2) is 5.60 Å². The van der Waals surface area contributed by atoms with Gasteiger partial charge in [-0.15, -0.1) is 0 Å². The third-order valence-electron chi connectivity index (χ3n) is 4.44. The summed E-state index contributed by atoms with van der Waals surface area (Å²) in [4.78, 5) is 15.6. The van der Waals surface area contributed by atoms with Crippen LogP contribution in [0, 0.1) is 0 Å². The van der Waals surface area contributed by atoms with Gasteiger partial charge in [-0.2, -0.15) is 0 Å². The molecular formula is C18H16N2O2. The van der Waals surface area contributed by atoms with Gasteiger partial charge in [-0.05, 0) is 30.2 Å². The van der Waals surface area contributed by atoms with Crippen molar-refractivity contribution in [1.29, 1.82) is 0 Å². The molecule has 110 valence electrons. The number of aliphatic hydroxyl groups is 1. The first-order valence-corrected chi connectivity index (χ1v) is 7.38. The molecule has 3 aromatic rings. The Bertz CT molecular complexity index is 897. The van der Waals surface area contributed by atoms with Crippen LogP contribution in [0.5, 0.6) is 0 Å². The molecule has 0 saturated carbocycles. The standard InChI is InChI=1S/C18H16N2O2/c1-2-11-7-8-16-13(9-11)18(22,17(21)20-16)14-10-19-15-6-4-3-5-12(14)15/h3-10,19,22H,2H2,1H3,(H,20,21). The largest absolute Gasteiger partial charge is 0.372 e. The van der Waals surface area contributed by atoms with Crippen LogP contribution in [-0.4, -0.2) is 16.0 Å². The number of anilines is 1. The molecule has 3 N–H and O–H groups in total. The van der Waals surface area contributed by atoms with E-state index in [1.54, 1.807) is 6.20 Å². The Morgan fingerprint density at radius 1 is 1.14 bits per heavy atom. The van der Waals surface area contributed by atoms with Gasteiger partial charge in [-0.3, -0.25) is 4.79 Å². The SMILES string of the molecule is CCc1ccc2c(c1)C(O)(c1c[nH]c3ccccc13)C(=O)N2. The number of benzene rings is 2. The molecule has 22 heavy (non-hydrogen) atoms. The molecule has 4 rings (SSSR count). The van der Waals surface area contributed by atoms with Crippen molar-refractivity contribution in [2.24, 2.45) is 0 Å². The molecule has 0 spiro atoms. The van der Waals surface area contributed by atoms with Gasteiger partial charge in [0.2, 0.25) is 0 Å². The topological polar surface area (TPSA) is 65.1 Å². The number of aryl methyl sites for hydroxylation is 1. The number of carbonyl (C=O) groups excluding carboxylic acids is 1. The second kappa shape index (κ2) is 4.45. The van der Waals surface area contributed by atoms with Crippen LogP contribution < -0.4 is 5.32 Å². The molecule has 0 radical (unpaired) electrons. The fourth-order valence-corrected chi connectivity index (χ4v) is 3.19. The van der Waals surface area contributed by atoms with E-state index in [1.165, 1.54) is 0 Å². The Hall–Kier alpha value is -2.59. The third kappa shape index (κ3) is 1.58. The highest BCUT2D eigenvalue weighted by atomic mass is 16.3. The first-order valence-electron chi connectivity index (χ1n) is 7.38. The lowest BCUT2D eigenvalue weighted by molar-refractivity contribution is -0.129. The molecule has 1 aliphatic rings. The summed E-state index contributed by atoms with van der Waals surface area (Å²) in [6, 6.07) is 13.4. The summed E-state index contributed by atoms with van der Waals surface area (Å²) in [5, 5.41) is 14.9. The number of amides is 1. The van der Waals surface area contributed by atoms with Crippen LogP contribution in [-0.2, 0) is 16.8 Å². The average Bonchev–Trinajstić information content (AvgIpc) is 3.08. The maximum Gasteiger partial charge on any atom is 0.265 e. The van der Waals surface area contributed by atoms with Crippen LogP contribution in [0.25, 0.3) is 10.9 Å². The zero-order valence-corrected chi connectivity index (χ0v) is 12.2. The highest BCUT2D eigenvalue weighted by Crippen LogP contribution is 2.43. The summed E-state index contributed by atoms with van der Waals surface area (Å²) in [5.74, 6) is -0.402. The van der Waals surface area contributed by atoms with Gasteiger partial charge in [0.05, 0.1) is 0 Å². The number of nitrogens with one attached hydrogen (secondary N) is 2. The number of aromatic nitrogens is 1. The summed E-state index contributed by atoms with van der Waals surface area (Å²) < 4.78 is 0. The van der Waals surface area contributed by atoms with E-state index in [4.69, 9.17) is 0 Å². The van der Waals surface area contributed by atoms with Gasteiger partial charge in [0.25, 0.3) is 5.91 Å². The summed E-state index contributed by atoms with van der Waals surface area (Å²) in [5.41, 5.74) is 2.23. The highest BCUT2D eigenvalue weighted by molar-refractivity contribution is 6.09. The number of fused-ring (bicyclic) bond motifs is 2. The van der Waals surface area contributed by atoms with Crippen molar-refractivity contribution in [3.63, 3.8) is 0 Å². The summed E-state index contributed by atoms with van der Waals surface area (Å²) >= 11 is 0. The molecule has 0 aliphatic carbocycles. The molecule has 0 saturated heterocycles. The number of carbonyl (C=O) groups is 1. The fourth-order valence-electron chi connectivity index (χ4n) is 3.19. The maximum atomic E-state index is 12.5. The Morgan fingerprint density at radius 2 is 1.95 bits per heavy atom. The van der Waals surface area contributed by atoms with Gasteiger partial charge in [-0.1, -0.05) is 31.2 Å². The molecule has 4 heteroatoms. The molecule has 1 aliphatic heterocycles. The number of rotatable bonds is 2. The van der Waals surface area contributed by atoms with E-state index in [0.717, 1.165) is 22.9 Å². The first-order chi connectivity index (χ1) is 10.6.